The number of hydrogen-bond acceptors (Lipinski definition) is 3. The number of H-pyrrole nitrogens is 1. The van der Waals surface area contributed by atoms with E-state index in [2.05, 4.69) is 17.1 Å². The van der Waals surface area contributed by atoms with Gasteiger partial charge in [0.15, 0.2) is 5.69 Å². The fourth-order valence-electron chi connectivity index (χ4n) is 3.73. The average Bonchev–Trinajstić information content (AvgIpc) is 3.12. The number of carbonyl (C=O) groups is 1. The van der Waals surface area contributed by atoms with E-state index in [9.17, 15) is 4.79 Å². The largest absolute Gasteiger partial charge is 0.382 e. The molecular formula is C17H23N3O2. The third-order valence-corrected chi connectivity index (χ3v) is 4.64. The Kier molecular flexibility index (Phi) is 4.16. The molecule has 1 aromatic heterocycles. The third kappa shape index (κ3) is 2.39. The molecule has 5 heteroatoms. The molecule has 1 aliphatic rings. The standard InChI is InChI=1S/C17H23N3O2/c1-3-9-17(12-22-2)10-6-11-20(17)16(21)15-13-7-4-5-8-14(13)18-19-15/h4-5,7-8H,3,6,9-12H2,1-2H3,(H,18,19). The highest BCUT2D eigenvalue weighted by Crippen LogP contribution is 2.35. The predicted octanol–water partition coefficient (Wildman–Crippen LogP) is 2.98. The van der Waals surface area contributed by atoms with Gasteiger partial charge in [0.25, 0.3) is 5.91 Å². The normalized spacial score (nSPS) is 21.6. The molecular weight excluding hydrogens is 278 g/mol. The molecule has 1 N–H and O–H groups in total. The fraction of sp³-hybridized carbons (Fsp3) is 0.529. The minimum atomic E-state index is -0.180. The molecule has 1 unspecified atom stereocenters. The second-order valence-electron chi connectivity index (χ2n) is 6.09. The molecule has 1 atom stereocenters. The zero-order valence-electron chi connectivity index (χ0n) is 13.3. The number of amides is 1. The topological polar surface area (TPSA) is 58.2 Å². The van der Waals surface area contributed by atoms with Gasteiger partial charge in [-0.1, -0.05) is 31.5 Å². The molecule has 1 fully saturated rings. The van der Waals surface area contributed by atoms with Crippen molar-refractivity contribution in [3.8, 4) is 0 Å². The van der Waals surface area contributed by atoms with Crippen LogP contribution in [0.5, 0.6) is 0 Å². The van der Waals surface area contributed by atoms with Crippen LogP contribution < -0.4 is 0 Å². The van der Waals surface area contributed by atoms with Crippen molar-refractivity contribution in [3.63, 3.8) is 0 Å². The highest BCUT2D eigenvalue weighted by atomic mass is 16.5. The number of benzene rings is 1. The van der Waals surface area contributed by atoms with Gasteiger partial charge in [0, 0.05) is 19.0 Å². The second kappa shape index (κ2) is 6.08. The molecule has 22 heavy (non-hydrogen) atoms. The maximum absolute atomic E-state index is 13.1. The van der Waals surface area contributed by atoms with Gasteiger partial charge in [0.2, 0.25) is 0 Å². The average molecular weight is 301 g/mol. The van der Waals surface area contributed by atoms with E-state index in [1.165, 1.54) is 0 Å². The highest BCUT2D eigenvalue weighted by molar-refractivity contribution is 6.05. The molecule has 0 aliphatic carbocycles. The summed E-state index contributed by atoms with van der Waals surface area (Å²) in [5.41, 5.74) is 1.24. The summed E-state index contributed by atoms with van der Waals surface area (Å²) < 4.78 is 5.44. The lowest BCUT2D eigenvalue weighted by Crippen LogP contribution is -2.50. The van der Waals surface area contributed by atoms with Crippen molar-refractivity contribution in [3.05, 3.63) is 30.0 Å². The maximum atomic E-state index is 13.1. The van der Waals surface area contributed by atoms with Crippen LogP contribution in [0.1, 0.15) is 43.1 Å². The van der Waals surface area contributed by atoms with E-state index in [0.717, 1.165) is 43.1 Å². The first-order valence-electron chi connectivity index (χ1n) is 7.96. The van der Waals surface area contributed by atoms with E-state index in [-0.39, 0.29) is 11.4 Å². The molecule has 0 saturated carbocycles. The Bertz CT molecular complexity index is 659. The number of aromatic amines is 1. The monoisotopic (exact) mass is 301 g/mol. The number of ether oxygens (including phenoxy) is 1. The highest BCUT2D eigenvalue weighted by Gasteiger charge is 2.43. The Hall–Kier alpha value is -1.88. The van der Waals surface area contributed by atoms with E-state index < -0.39 is 0 Å². The third-order valence-electron chi connectivity index (χ3n) is 4.64. The van der Waals surface area contributed by atoms with Crippen molar-refractivity contribution in [1.82, 2.24) is 15.1 Å². The molecule has 1 amide bonds. The molecule has 1 saturated heterocycles. The minimum Gasteiger partial charge on any atom is -0.382 e. The molecule has 1 aliphatic heterocycles. The number of fused-ring (bicyclic) bond motifs is 1. The van der Waals surface area contributed by atoms with Crippen molar-refractivity contribution < 1.29 is 9.53 Å². The van der Waals surface area contributed by atoms with Crippen molar-refractivity contribution in [2.24, 2.45) is 0 Å². The van der Waals surface area contributed by atoms with Crippen LogP contribution in [-0.4, -0.2) is 46.8 Å². The van der Waals surface area contributed by atoms with Crippen molar-refractivity contribution >= 4 is 16.8 Å². The Labute approximate surface area is 130 Å². The fourth-order valence-corrected chi connectivity index (χ4v) is 3.73. The lowest BCUT2D eigenvalue weighted by molar-refractivity contribution is 0.0251. The summed E-state index contributed by atoms with van der Waals surface area (Å²) in [6, 6.07) is 7.77. The quantitative estimate of drug-likeness (QED) is 0.923. The number of para-hydroxylation sites is 1. The minimum absolute atomic E-state index is 0.0143. The van der Waals surface area contributed by atoms with Crippen LogP contribution >= 0.6 is 0 Å². The Morgan fingerprint density at radius 1 is 1.45 bits per heavy atom. The summed E-state index contributed by atoms with van der Waals surface area (Å²) in [5, 5.41) is 8.11. The summed E-state index contributed by atoms with van der Waals surface area (Å²) in [6.07, 6.45) is 4.03. The second-order valence-corrected chi connectivity index (χ2v) is 6.09. The van der Waals surface area contributed by atoms with Crippen molar-refractivity contribution in [2.75, 3.05) is 20.3 Å². The lowest BCUT2D eigenvalue weighted by Gasteiger charge is -2.37. The Morgan fingerprint density at radius 2 is 2.27 bits per heavy atom. The van der Waals surface area contributed by atoms with Crippen LogP contribution in [0.25, 0.3) is 10.9 Å². The number of hydrogen-bond donors (Lipinski definition) is 1. The first-order chi connectivity index (χ1) is 10.7. The van der Waals surface area contributed by atoms with Crippen LogP contribution in [-0.2, 0) is 4.74 Å². The first-order valence-corrected chi connectivity index (χ1v) is 7.96. The molecule has 118 valence electrons. The van der Waals surface area contributed by atoms with E-state index in [4.69, 9.17) is 4.74 Å². The number of nitrogens with zero attached hydrogens (tertiary/aromatic N) is 2. The van der Waals surface area contributed by atoms with Gasteiger partial charge in [-0.15, -0.1) is 0 Å². The van der Waals surface area contributed by atoms with Gasteiger partial charge in [-0.2, -0.15) is 5.10 Å². The zero-order valence-corrected chi connectivity index (χ0v) is 13.3. The van der Waals surface area contributed by atoms with Gasteiger partial charge in [-0.3, -0.25) is 9.89 Å². The first kappa shape index (κ1) is 15.0. The molecule has 2 aromatic rings. The summed E-state index contributed by atoms with van der Waals surface area (Å²) in [6.45, 7) is 3.53. The van der Waals surface area contributed by atoms with E-state index in [1.54, 1.807) is 7.11 Å². The van der Waals surface area contributed by atoms with Crippen LogP contribution in [0.15, 0.2) is 24.3 Å². The summed E-state index contributed by atoms with van der Waals surface area (Å²) in [4.78, 5) is 15.1. The smallest absolute Gasteiger partial charge is 0.275 e. The van der Waals surface area contributed by atoms with Crippen LogP contribution in [0.3, 0.4) is 0 Å². The van der Waals surface area contributed by atoms with Gasteiger partial charge >= 0.3 is 0 Å². The number of likely N-dealkylation sites (tertiary alicyclic amines) is 1. The number of carbonyl (C=O) groups excluding carboxylic acids is 1. The van der Waals surface area contributed by atoms with Crippen molar-refractivity contribution in [1.29, 1.82) is 0 Å². The Balaban J connectivity index is 1.96. The number of methoxy groups -OCH3 is 1. The van der Waals surface area contributed by atoms with Gasteiger partial charge in [0.05, 0.1) is 17.7 Å². The Morgan fingerprint density at radius 3 is 3.05 bits per heavy atom. The van der Waals surface area contributed by atoms with Crippen LogP contribution in [0, 0.1) is 0 Å². The van der Waals surface area contributed by atoms with E-state index in [1.807, 2.05) is 29.2 Å². The van der Waals surface area contributed by atoms with Gasteiger partial charge in [-0.05, 0) is 25.3 Å². The van der Waals surface area contributed by atoms with Gasteiger partial charge in [0.1, 0.15) is 0 Å². The maximum Gasteiger partial charge on any atom is 0.275 e. The summed E-state index contributed by atoms with van der Waals surface area (Å²) >= 11 is 0. The SMILES string of the molecule is CCCC1(COC)CCCN1C(=O)c1n[nH]c2ccccc12. The molecule has 2 heterocycles. The van der Waals surface area contributed by atoms with Gasteiger partial charge in [-0.25, -0.2) is 0 Å². The van der Waals surface area contributed by atoms with Gasteiger partial charge < -0.3 is 9.64 Å². The summed E-state index contributed by atoms with van der Waals surface area (Å²) in [7, 11) is 1.71. The van der Waals surface area contributed by atoms with Crippen LogP contribution in [0.2, 0.25) is 0 Å². The predicted molar refractivity (Wildman–Crippen MR) is 85.9 cm³/mol. The van der Waals surface area contributed by atoms with Crippen molar-refractivity contribution in [2.45, 2.75) is 38.1 Å². The molecule has 3 rings (SSSR count). The molecule has 0 spiro atoms. The molecule has 0 bridgehead atoms. The number of rotatable bonds is 5. The lowest BCUT2D eigenvalue weighted by atomic mass is 9.91. The molecule has 1 aromatic carbocycles. The molecule has 5 nitrogen and oxygen atoms in total. The van der Waals surface area contributed by atoms with E-state index in [0.29, 0.717) is 12.3 Å². The number of nitrogens with one attached hydrogen (secondary N) is 1. The van der Waals surface area contributed by atoms with Crippen LogP contribution in [0.4, 0.5) is 0 Å². The number of aromatic nitrogens is 2. The molecule has 0 radical (unpaired) electrons. The summed E-state index contributed by atoms with van der Waals surface area (Å²) in [5.74, 6) is 0.0143. The van der Waals surface area contributed by atoms with E-state index >= 15 is 0 Å². The zero-order chi connectivity index (χ0) is 15.6.